The fourth-order valence-electron chi connectivity index (χ4n) is 3.17. The van der Waals surface area contributed by atoms with Crippen molar-refractivity contribution in [3.05, 3.63) is 27.7 Å². The smallest absolute Gasteiger partial charge is 0.262 e. The molecule has 1 amide bonds. The molecule has 1 fully saturated rings. The molecule has 0 saturated heterocycles. The van der Waals surface area contributed by atoms with Crippen LogP contribution in [0.4, 0.5) is 0 Å². The second-order valence-electron chi connectivity index (χ2n) is 6.54. The number of nitrogens with zero attached hydrogens (tertiary/aromatic N) is 1. The Morgan fingerprint density at radius 2 is 2.19 bits per heavy atom. The summed E-state index contributed by atoms with van der Waals surface area (Å²) in [6, 6.07) is 5.56. The molecule has 0 spiro atoms. The van der Waals surface area contributed by atoms with Crippen molar-refractivity contribution in [2.45, 2.75) is 38.6 Å². The number of halogens is 1. The molecule has 1 aliphatic carbocycles. The van der Waals surface area contributed by atoms with Crippen molar-refractivity contribution in [3.8, 4) is 29.9 Å². The van der Waals surface area contributed by atoms with Crippen LogP contribution in [0.25, 0.3) is 6.08 Å². The predicted molar refractivity (Wildman–Crippen MR) is 108 cm³/mol. The van der Waals surface area contributed by atoms with Crippen molar-refractivity contribution in [1.82, 2.24) is 5.32 Å². The molecule has 0 aromatic heterocycles. The average Bonchev–Trinajstić information content (AvgIpc) is 2.66. The average molecular weight is 431 g/mol. The molecule has 0 heterocycles. The van der Waals surface area contributed by atoms with Gasteiger partial charge in [-0.2, -0.15) is 5.26 Å². The lowest BCUT2D eigenvalue weighted by Gasteiger charge is -2.29. The molecule has 1 aliphatic rings. The highest BCUT2D eigenvalue weighted by molar-refractivity contribution is 9.10. The second-order valence-corrected chi connectivity index (χ2v) is 7.39. The first kappa shape index (κ1) is 20.9. The molecule has 0 radical (unpaired) electrons. The summed E-state index contributed by atoms with van der Waals surface area (Å²) in [5.74, 6) is 3.41. The predicted octanol–water partition coefficient (Wildman–Crippen LogP) is 4.07. The van der Waals surface area contributed by atoms with Crippen molar-refractivity contribution >= 4 is 27.9 Å². The van der Waals surface area contributed by atoms with E-state index in [0.29, 0.717) is 27.5 Å². The van der Waals surface area contributed by atoms with Gasteiger partial charge in [0.1, 0.15) is 18.2 Å². The maximum absolute atomic E-state index is 12.5. The minimum atomic E-state index is -0.348. The standard InChI is InChI=1S/C21H23BrN2O3/c1-4-9-27-20-17(22)11-15(12-19(20)26-3)10-16(13-23)21(25)24-18-8-6-5-7-14(18)2/h1,10-12,14,18H,5-9H2,2-3H3,(H,24,25)/b16-10+/t14-,18+/m1/s1. The molecule has 2 rings (SSSR count). The maximum atomic E-state index is 12.5. The third-order valence-electron chi connectivity index (χ3n) is 4.66. The first-order valence-electron chi connectivity index (χ1n) is 8.86. The Morgan fingerprint density at radius 1 is 1.44 bits per heavy atom. The van der Waals surface area contributed by atoms with Gasteiger partial charge in [0.25, 0.3) is 5.91 Å². The van der Waals surface area contributed by atoms with Gasteiger partial charge in [-0.05, 0) is 58.5 Å². The number of ether oxygens (including phenoxy) is 2. The van der Waals surface area contributed by atoms with Gasteiger partial charge in [0.05, 0.1) is 11.6 Å². The number of rotatable bonds is 6. The largest absolute Gasteiger partial charge is 0.493 e. The zero-order valence-electron chi connectivity index (χ0n) is 15.5. The summed E-state index contributed by atoms with van der Waals surface area (Å²) in [6.07, 6.45) is 11.1. The zero-order valence-corrected chi connectivity index (χ0v) is 17.1. The number of hydrogen-bond acceptors (Lipinski definition) is 4. The number of carbonyl (C=O) groups is 1. The molecule has 1 aromatic rings. The van der Waals surface area contributed by atoms with Gasteiger partial charge in [0.15, 0.2) is 11.5 Å². The summed E-state index contributed by atoms with van der Waals surface area (Å²) in [6.45, 7) is 2.24. The van der Waals surface area contributed by atoms with Crippen LogP contribution in [0.2, 0.25) is 0 Å². The maximum Gasteiger partial charge on any atom is 0.262 e. The molecular weight excluding hydrogens is 408 g/mol. The SMILES string of the molecule is C#CCOc1c(Br)cc(/C=C(\C#N)C(=O)N[C@H]2CCCC[C@H]2C)cc1OC. The number of carbonyl (C=O) groups excluding carboxylic acids is 1. The van der Waals surface area contributed by atoms with Crippen LogP contribution in [0, 0.1) is 29.6 Å². The van der Waals surface area contributed by atoms with Gasteiger partial charge < -0.3 is 14.8 Å². The molecule has 27 heavy (non-hydrogen) atoms. The monoisotopic (exact) mass is 430 g/mol. The van der Waals surface area contributed by atoms with E-state index in [1.54, 1.807) is 18.2 Å². The third kappa shape index (κ3) is 5.52. The van der Waals surface area contributed by atoms with E-state index in [0.717, 1.165) is 19.3 Å². The molecule has 1 saturated carbocycles. The molecule has 2 atom stereocenters. The van der Waals surface area contributed by atoms with Gasteiger partial charge in [-0.15, -0.1) is 6.42 Å². The molecule has 142 valence electrons. The van der Waals surface area contributed by atoms with Crippen molar-refractivity contribution in [1.29, 1.82) is 5.26 Å². The normalized spacial score (nSPS) is 19.5. The number of hydrogen-bond donors (Lipinski definition) is 1. The highest BCUT2D eigenvalue weighted by Gasteiger charge is 2.24. The topological polar surface area (TPSA) is 71.3 Å². The zero-order chi connectivity index (χ0) is 19.8. The number of nitriles is 1. The van der Waals surface area contributed by atoms with Gasteiger partial charge >= 0.3 is 0 Å². The van der Waals surface area contributed by atoms with Gasteiger partial charge in [-0.3, -0.25) is 4.79 Å². The molecule has 1 aromatic carbocycles. The summed E-state index contributed by atoms with van der Waals surface area (Å²) >= 11 is 3.42. The third-order valence-corrected chi connectivity index (χ3v) is 5.24. The second kappa shape index (κ2) is 10.0. The summed E-state index contributed by atoms with van der Waals surface area (Å²) in [7, 11) is 1.51. The number of nitrogens with one attached hydrogen (secondary N) is 1. The van der Waals surface area contributed by atoms with Gasteiger partial charge in [0, 0.05) is 6.04 Å². The van der Waals surface area contributed by atoms with Gasteiger partial charge in [0.2, 0.25) is 0 Å². The van der Waals surface area contributed by atoms with Crippen LogP contribution in [0.15, 0.2) is 22.2 Å². The highest BCUT2D eigenvalue weighted by atomic mass is 79.9. The Balaban J connectivity index is 2.23. The van der Waals surface area contributed by atoms with Crippen molar-refractivity contribution in [2.75, 3.05) is 13.7 Å². The van der Waals surface area contributed by atoms with E-state index >= 15 is 0 Å². The van der Waals surface area contributed by atoms with E-state index in [4.69, 9.17) is 15.9 Å². The lowest BCUT2D eigenvalue weighted by molar-refractivity contribution is -0.118. The lowest BCUT2D eigenvalue weighted by Crippen LogP contribution is -2.41. The molecular formula is C21H23BrN2O3. The van der Waals surface area contributed by atoms with Crippen LogP contribution >= 0.6 is 15.9 Å². The van der Waals surface area contributed by atoms with Crippen LogP contribution in [0.1, 0.15) is 38.2 Å². The van der Waals surface area contributed by atoms with Crippen molar-refractivity contribution in [3.63, 3.8) is 0 Å². The summed E-state index contributed by atoms with van der Waals surface area (Å²) in [5, 5.41) is 12.5. The molecule has 1 N–H and O–H groups in total. The highest BCUT2D eigenvalue weighted by Crippen LogP contribution is 2.37. The number of terminal acetylenes is 1. The minimum absolute atomic E-state index is 0.0546. The minimum Gasteiger partial charge on any atom is -0.493 e. The number of methoxy groups -OCH3 is 1. The Hall–Kier alpha value is -2.44. The van der Waals surface area contributed by atoms with E-state index in [-0.39, 0.29) is 24.1 Å². The number of amides is 1. The van der Waals surface area contributed by atoms with Crippen molar-refractivity contribution in [2.24, 2.45) is 5.92 Å². The first-order chi connectivity index (χ1) is 13.0. The van der Waals surface area contributed by atoms with Gasteiger partial charge in [-0.1, -0.05) is 25.7 Å². The van der Waals surface area contributed by atoms with Crippen LogP contribution in [-0.2, 0) is 4.79 Å². The summed E-state index contributed by atoms with van der Waals surface area (Å²) in [5.41, 5.74) is 0.703. The Labute approximate surface area is 168 Å². The van der Waals surface area contributed by atoms with Gasteiger partial charge in [-0.25, -0.2) is 0 Å². The van der Waals surface area contributed by atoms with E-state index in [2.05, 4.69) is 34.1 Å². The molecule has 6 heteroatoms. The Morgan fingerprint density at radius 3 is 2.81 bits per heavy atom. The van der Waals surface area contributed by atoms with Crippen LogP contribution in [-0.4, -0.2) is 25.7 Å². The Bertz CT molecular complexity index is 805. The van der Waals surface area contributed by atoms with Crippen LogP contribution < -0.4 is 14.8 Å². The van der Waals surface area contributed by atoms with Crippen LogP contribution in [0.3, 0.4) is 0 Å². The summed E-state index contributed by atoms with van der Waals surface area (Å²) < 4.78 is 11.4. The van der Waals surface area contributed by atoms with E-state index in [1.807, 2.05) is 6.07 Å². The summed E-state index contributed by atoms with van der Waals surface area (Å²) in [4.78, 5) is 12.5. The van der Waals surface area contributed by atoms with Crippen molar-refractivity contribution < 1.29 is 14.3 Å². The van der Waals surface area contributed by atoms with E-state index in [1.165, 1.54) is 13.5 Å². The fraction of sp³-hybridized carbons (Fsp3) is 0.429. The molecule has 0 bridgehead atoms. The lowest BCUT2D eigenvalue weighted by atomic mass is 9.86. The van der Waals surface area contributed by atoms with E-state index < -0.39 is 0 Å². The fourth-order valence-corrected chi connectivity index (χ4v) is 3.74. The molecule has 0 aliphatic heterocycles. The first-order valence-corrected chi connectivity index (χ1v) is 9.66. The molecule has 5 nitrogen and oxygen atoms in total. The quantitative estimate of drug-likeness (QED) is 0.419. The number of benzene rings is 1. The van der Waals surface area contributed by atoms with E-state index in [9.17, 15) is 10.1 Å². The Kier molecular flexibility index (Phi) is 7.76. The molecule has 0 unspecified atom stereocenters. The van der Waals surface area contributed by atoms with Crippen LogP contribution in [0.5, 0.6) is 11.5 Å².